The van der Waals surface area contributed by atoms with Crippen molar-refractivity contribution in [3.8, 4) is 0 Å². The van der Waals surface area contributed by atoms with Crippen molar-refractivity contribution in [2.45, 2.75) is 70.4 Å². The number of hydrogen-bond acceptors (Lipinski definition) is 3. The van der Waals surface area contributed by atoms with Gasteiger partial charge in [0.15, 0.2) is 0 Å². The summed E-state index contributed by atoms with van der Waals surface area (Å²) in [5.41, 5.74) is 0.421. The Balaban J connectivity index is 2.65. The molecule has 1 aromatic rings. The Morgan fingerprint density at radius 2 is 1.74 bits per heavy atom. The molecule has 1 aromatic carbocycles. The van der Waals surface area contributed by atoms with Gasteiger partial charge in [-0.2, -0.15) is 0 Å². The van der Waals surface area contributed by atoms with Crippen LogP contribution in [0.5, 0.6) is 0 Å². The highest BCUT2D eigenvalue weighted by molar-refractivity contribution is 7.89. The summed E-state index contributed by atoms with van der Waals surface area (Å²) >= 11 is 0. The minimum atomic E-state index is -3.51. The van der Waals surface area contributed by atoms with Crippen LogP contribution in [0.2, 0.25) is 0 Å². The average Bonchev–Trinajstić information content (AvgIpc) is 2.43. The molecule has 1 amide bonds. The highest BCUT2D eigenvalue weighted by atomic mass is 32.2. The van der Waals surface area contributed by atoms with E-state index in [-0.39, 0.29) is 16.8 Å². The van der Waals surface area contributed by atoms with Crippen LogP contribution in [0.25, 0.3) is 0 Å². The molecule has 0 fully saturated rings. The molecule has 0 radical (unpaired) electrons. The molecule has 130 valence electrons. The van der Waals surface area contributed by atoms with Crippen molar-refractivity contribution in [2.24, 2.45) is 0 Å². The highest BCUT2D eigenvalue weighted by Gasteiger charge is 2.21. The average molecular weight is 340 g/mol. The van der Waals surface area contributed by atoms with Gasteiger partial charge in [-0.15, -0.1) is 0 Å². The maximum Gasteiger partial charge on any atom is 0.241 e. The van der Waals surface area contributed by atoms with Crippen molar-refractivity contribution in [1.82, 2.24) is 10.0 Å². The van der Waals surface area contributed by atoms with Crippen LogP contribution in [0.15, 0.2) is 29.2 Å². The summed E-state index contributed by atoms with van der Waals surface area (Å²) in [7, 11) is -3.51. The van der Waals surface area contributed by atoms with Gasteiger partial charge in [-0.3, -0.25) is 4.79 Å². The second kappa shape index (κ2) is 7.93. The number of amides is 1. The number of carbonyl (C=O) groups excluding carboxylic acids is 1. The molecule has 2 N–H and O–H groups in total. The van der Waals surface area contributed by atoms with Crippen molar-refractivity contribution >= 4 is 15.9 Å². The number of carbonyl (C=O) groups is 1. The Labute approximate surface area is 139 Å². The first-order valence-electron chi connectivity index (χ1n) is 7.96. The zero-order valence-electron chi connectivity index (χ0n) is 14.6. The van der Waals surface area contributed by atoms with Gasteiger partial charge in [-0.1, -0.05) is 19.1 Å². The second-order valence-electron chi connectivity index (χ2n) is 6.88. The summed E-state index contributed by atoms with van der Waals surface area (Å²) in [6.07, 6.45) is 1.89. The maximum atomic E-state index is 12.2. The molecule has 1 atom stereocenters. The second-order valence-corrected chi connectivity index (χ2v) is 8.56. The first-order chi connectivity index (χ1) is 10.5. The summed E-state index contributed by atoms with van der Waals surface area (Å²) in [6, 6.07) is 6.85. The van der Waals surface area contributed by atoms with E-state index in [9.17, 15) is 13.2 Å². The molecule has 0 aliphatic carbocycles. The van der Waals surface area contributed by atoms with Gasteiger partial charge < -0.3 is 5.32 Å². The molecular formula is C17H28N2O3S. The molecule has 0 aliphatic rings. The quantitative estimate of drug-likeness (QED) is 0.801. The zero-order chi connectivity index (χ0) is 17.7. The van der Waals surface area contributed by atoms with Crippen LogP contribution in [0.3, 0.4) is 0 Å². The molecule has 23 heavy (non-hydrogen) atoms. The fourth-order valence-corrected chi connectivity index (χ4v) is 3.42. The van der Waals surface area contributed by atoms with Gasteiger partial charge in [-0.05, 0) is 58.2 Å². The third-order valence-corrected chi connectivity index (χ3v) is 5.11. The van der Waals surface area contributed by atoms with Gasteiger partial charge in [0.05, 0.1) is 4.90 Å². The molecule has 0 aromatic heterocycles. The first kappa shape index (κ1) is 19.6. The summed E-state index contributed by atoms with van der Waals surface area (Å²) in [5, 5.41) is 2.92. The Morgan fingerprint density at radius 1 is 1.17 bits per heavy atom. The molecule has 0 spiro atoms. The van der Waals surface area contributed by atoms with Crippen LogP contribution in [-0.2, 0) is 21.2 Å². The van der Waals surface area contributed by atoms with Crippen molar-refractivity contribution in [3.05, 3.63) is 29.8 Å². The molecule has 6 heteroatoms. The van der Waals surface area contributed by atoms with Crippen molar-refractivity contribution in [1.29, 1.82) is 0 Å². The minimum Gasteiger partial charge on any atom is -0.354 e. The molecule has 0 unspecified atom stereocenters. The van der Waals surface area contributed by atoms with E-state index in [1.165, 1.54) is 0 Å². The number of aryl methyl sites for hydroxylation is 1. The normalized spacial score (nSPS) is 13.6. The van der Waals surface area contributed by atoms with E-state index in [0.29, 0.717) is 12.8 Å². The molecule has 5 nitrogen and oxygen atoms in total. The van der Waals surface area contributed by atoms with Crippen LogP contribution < -0.4 is 10.0 Å². The van der Waals surface area contributed by atoms with E-state index in [0.717, 1.165) is 12.0 Å². The van der Waals surface area contributed by atoms with Gasteiger partial charge in [-0.25, -0.2) is 13.1 Å². The Bertz CT molecular complexity index is 616. The van der Waals surface area contributed by atoms with E-state index in [1.807, 2.05) is 13.8 Å². The van der Waals surface area contributed by atoms with Gasteiger partial charge in [0, 0.05) is 18.0 Å². The third-order valence-electron chi connectivity index (χ3n) is 3.33. The summed E-state index contributed by atoms with van der Waals surface area (Å²) in [4.78, 5) is 12.0. The van der Waals surface area contributed by atoms with E-state index < -0.39 is 15.6 Å². The summed E-state index contributed by atoms with van der Waals surface area (Å²) in [6.45, 7) is 9.40. The SMILES string of the molecule is CC[C@@H](C)NC(=O)CCc1ccc(S(=O)(=O)NC(C)(C)C)cc1. The number of sulfonamides is 1. The topological polar surface area (TPSA) is 75.3 Å². The molecule has 0 heterocycles. The molecule has 1 rings (SSSR count). The van der Waals surface area contributed by atoms with Crippen molar-refractivity contribution < 1.29 is 13.2 Å². The van der Waals surface area contributed by atoms with Gasteiger partial charge in [0.25, 0.3) is 0 Å². The molecule has 0 saturated carbocycles. The predicted octanol–water partition coefficient (Wildman–Crippen LogP) is 2.61. The fraction of sp³-hybridized carbons (Fsp3) is 0.588. The van der Waals surface area contributed by atoms with Crippen LogP contribution in [0, 0.1) is 0 Å². The number of hydrogen-bond donors (Lipinski definition) is 2. The summed E-state index contributed by atoms with van der Waals surface area (Å²) in [5.74, 6) is 0.0189. The number of benzene rings is 1. The maximum absolute atomic E-state index is 12.2. The lowest BCUT2D eigenvalue weighted by atomic mass is 10.1. The standard InChI is InChI=1S/C17H28N2O3S/c1-6-13(2)18-16(20)12-9-14-7-10-15(11-8-14)23(21,22)19-17(3,4)5/h7-8,10-11,13,19H,6,9,12H2,1-5H3,(H,18,20)/t13-/m1/s1. The van der Waals surface area contributed by atoms with Crippen LogP contribution in [0.4, 0.5) is 0 Å². The highest BCUT2D eigenvalue weighted by Crippen LogP contribution is 2.14. The molecular weight excluding hydrogens is 312 g/mol. The fourth-order valence-electron chi connectivity index (χ4n) is 2.00. The lowest BCUT2D eigenvalue weighted by Gasteiger charge is -2.20. The Kier molecular flexibility index (Phi) is 6.77. The Morgan fingerprint density at radius 3 is 2.22 bits per heavy atom. The lowest BCUT2D eigenvalue weighted by Crippen LogP contribution is -2.40. The predicted molar refractivity (Wildman–Crippen MR) is 92.7 cm³/mol. The van der Waals surface area contributed by atoms with Gasteiger partial charge in [0.1, 0.15) is 0 Å². The zero-order valence-corrected chi connectivity index (χ0v) is 15.5. The smallest absolute Gasteiger partial charge is 0.241 e. The molecule has 0 aliphatic heterocycles. The van der Waals surface area contributed by atoms with E-state index >= 15 is 0 Å². The molecule has 0 saturated heterocycles. The van der Waals surface area contributed by atoms with Crippen LogP contribution >= 0.6 is 0 Å². The lowest BCUT2D eigenvalue weighted by molar-refractivity contribution is -0.121. The number of nitrogens with one attached hydrogen (secondary N) is 2. The minimum absolute atomic E-state index is 0.0189. The largest absolute Gasteiger partial charge is 0.354 e. The third kappa shape index (κ3) is 7.14. The van der Waals surface area contributed by atoms with Crippen molar-refractivity contribution in [2.75, 3.05) is 0 Å². The van der Waals surface area contributed by atoms with Gasteiger partial charge >= 0.3 is 0 Å². The monoisotopic (exact) mass is 340 g/mol. The molecule has 0 bridgehead atoms. The van der Waals surface area contributed by atoms with Crippen molar-refractivity contribution in [3.63, 3.8) is 0 Å². The van der Waals surface area contributed by atoms with E-state index in [1.54, 1.807) is 45.0 Å². The first-order valence-corrected chi connectivity index (χ1v) is 9.44. The van der Waals surface area contributed by atoms with E-state index in [2.05, 4.69) is 10.0 Å². The van der Waals surface area contributed by atoms with Crippen LogP contribution in [-0.4, -0.2) is 25.9 Å². The van der Waals surface area contributed by atoms with Gasteiger partial charge in [0.2, 0.25) is 15.9 Å². The summed E-state index contributed by atoms with van der Waals surface area (Å²) < 4.78 is 27.0. The van der Waals surface area contributed by atoms with Crippen LogP contribution in [0.1, 0.15) is 53.0 Å². The van der Waals surface area contributed by atoms with E-state index in [4.69, 9.17) is 0 Å². The number of rotatable bonds is 7. The Hall–Kier alpha value is -1.40.